The van der Waals surface area contributed by atoms with Crippen LogP contribution in [0.5, 0.6) is 0 Å². The Morgan fingerprint density at radius 2 is 2.14 bits per heavy atom. The molecule has 0 N–H and O–H groups in total. The monoisotopic (exact) mass is 357 g/mol. The quantitative estimate of drug-likeness (QED) is 0.650. The molecule has 1 aliphatic heterocycles. The van der Waals surface area contributed by atoms with Gasteiger partial charge >= 0.3 is 0 Å². The Morgan fingerprint density at radius 1 is 1.41 bits per heavy atom. The highest BCUT2D eigenvalue weighted by Gasteiger charge is 2.29. The first-order chi connectivity index (χ1) is 10.3. The first kappa shape index (κ1) is 16.3. The molecule has 1 aliphatic rings. The average Bonchev–Trinajstić information content (AvgIpc) is 2.74. The maximum atomic E-state index is 6.22. The summed E-state index contributed by atoms with van der Waals surface area (Å²) in [6, 6.07) is 0.276. The van der Waals surface area contributed by atoms with Crippen LogP contribution in [0.3, 0.4) is 0 Å². The summed E-state index contributed by atoms with van der Waals surface area (Å²) in [5, 5.41) is 0.290. The van der Waals surface area contributed by atoms with Crippen molar-refractivity contribution in [2.24, 2.45) is 0 Å². The predicted octanol–water partition coefficient (Wildman–Crippen LogP) is 4.04. The molecule has 0 saturated carbocycles. The van der Waals surface area contributed by atoms with Gasteiger partial charge in [0, 0.05) is 21.7 Å². The minimum Gasteiger partial charge on any atom is -0.377 e. The molecule has 0 radical (unpaired) electrons. The lowest BCUT2D eigenvalue weighted by Gasteiger charge is -2.34. The van der Waals surface area contributed by atoms with E-state index in [1.54, 1.807) is 11.3 Å². The van der Waals surface area contributed by atoms with E-state index >= 15 is 0 Å². The number of nitrogens with zero attached hydrogens (tertiary/aromatic N) is 3. The molecule has 120 valence electrons. The van der Waals surface area contributed by atoms with E-state index in [1.807, 2.05) is 0 Å². The van der Waals surface area contributed by atoms with E-state index in [9.17, 15) is 0 Å². The summed E-state index contributed by atoms with van der Waals surface area (Å²) in [4.78, 5) is 12.5. The number of aromatic nitrogens is 2. The van der Waals surface area contributed by atoms with Crippen LogP contribution >= 0.6 is 35.6 Å². The predicted molar refractivity (Wildman–Crippen MR) is 96.8 cm³/mol. The standard InChI is InChI=1S/C15H20ClN3OS2/c1-8-7-20-6-5-19(8)13-12-11(17-14(16)18-13)10(9(2)22-12)15(3,4)21/h8,21H,5-7H2,1-4H3/t8-/m1/s1. The Kier molecular flexibility index (Phi) is 4.31. The molecule has 3 heterocycles. The molecule has 0 aromatic carbocycles. The Labute approximate surface area is 145 Å². The van der Waals surface area contributed by atoms with Gasteiger partial charge in [-0.05, 0) is 39.3 Å². The van der Waals surface area contributed by atoms with Crippen molar-refractivity contribution in [3.63, 3.8) is 0 Å². The summed E-state index contributed by atoms with van der Waals surface area (Å²) in [6.07, 6.45) is 0. The second kappa shape index (κ2) is 5.82. The van der Waals surface area contributed by atoms with E-state index in [0.717, 1.165) is 28.1 Å². The van der Waals surface area contributed by atoms with E-state index in [1.165, 1.54) is 4.88 Å². The molecule has 0 bridgehead atoms. The van der Waals surface area contributed by atoms with Crippen LogP contribution in [0.4, 0.5) is 5.82 Å². The molecule has 7 heteroatoms. The molecule has 0 amide bonds. The van der Waals surface area contributed by atoms with E-state index in [-0.39, 0.29) is 16.1 Å². The third-order valence-corrected chi connectivity index (χ3v) is 5.40. The van der Waals surface area contributed by atoms with E-state index in [2.05, 4.69) is 42.6 Å². The topological polar surface area (TPSA) is 38.2 Å². The molecule has 3 rings (SSSR count). The summed E-state index contributed by atoms with van der Waals surface area (Å²) in [6.45, 7) is 10.7. The first-order valence-corrected chi connectivity index (χ1v) is 8.97. The zero-order valence-electron chi connectivity index (χ0n) is 13.2. The molecule has 1 fully saturated rings. The van der Waals surface area contributed by atoms with Gasteiger partial charge in [-0.3, -0.25) is 0 Å². The number of hydrogen-bond donors (Lipinski definition) is 1. The minimum absolute atomic E-state index is 0.270. The maximum Gasteiger partial charge on any atom is 0.224 e. The minimum atomic E-state index is -0.270. The average molecular weight is 358 g/mol. The van der Waals surface area contributed by atoms with Gasteiger partial charge < -0.3 is 9.64 Å². The highest BCUT2D eigenvalue weighted by atomic mass is 35.5. The van der Waals surface area contributed by atoms with E-state index in [0.29, 0.717) is 13.2 Å². The molecule has 2 aromatic rings. The largest absolute Gasteiger partial charge is 0.377 e. The van der Waals surface area contributed by atoms with Crippen molar-refractivity contribution in [1.29, 1.82) is 0 Å². The van der Waals surface area contributed by atoms with E-state index in [4.69, 9.17) is 29.0 Å². The fraction of sp³-hybridized carbons (Fsp3) is 0.600. The van der Waals surface area contributed by atoms with Crippen LogP contribution in [0, 0.1) is 6.92 Å². The molecular weight excluding hydrogens is 338 g/mol. The highest BCUT2D eigenvalue weighted by Crippen LogP contribution is 2.43. The van der Waals surface area contributed by atoms with Crippen molar-refractivity contribution in [2.75, 3.05) is 24.7 Å². The Morgan fingerprint density at radius 3 is 2.77 bits per heavy atom. The molecule has 4 nitrogen and oxygen atoms in total. The third-order valence-electron chi connectivity index (χ3n) is 3.92. The molecule has 22 heavy (non-hydrogen) atoms. The fourth-order valence-corrected chi connectivity index (χ4v) is 4.78. The van der Waals surface area contributed by atoms with Crippen molar-refractivity contribution >= 4 is 51.6 Å². The van der Waals surface area contributed by atoms with Crippen LogP contribution < -0.4 is 4.90 Å². The Bertz CT molecular complexity index is 711. The van der Waals surface area contributed by atoms with Crippen LogP contribution in [-0.2, 0) is 9.48 Å². The Balaban J connectivity index is 2.23. The van der Waals surface area contributed by atoms with Gasteiger partial charge in [0.25, 0.3) is 0 Å². The third kappa shape index (κ3) is 2.82. The normalized spacial score (nSPS) is 19.9. The number of rotatable bonds is 2. The number of aryl methyl sites for hydroxylation is 1. The summed E-state index contributed by atoms with van der Waals surface area (Å²) in [5.41, 5.74) is 2.07. The lowest BCUT2D eigenvalue weighted by molar-refractivity contribution is 0.0987. The molecular formula is C15H20ClN3OS2. The molecule has 0 aliphatic carbocycles. The van der Waals surface area contributed by atoms with Gasteiger partial charge in [-0.15, -0.1) is 11.3 Å². The number of hydrogen-bond acceptors (Lipinski definition) is 6. The second-order valence-corrected chi connectivity index (χ2v) is 8.88. The lowest BCUT2D eigenvalue weighted by atomic mass is 10.0. The summed E-state index contributed by atoms with van der Waals surface area (Å²) < 4.78 is 6.35. The fourth-order valence-electron chi connectivity index (χ4n) is 3.00. The van der Waals surface area contributed by atoms with E-state index < -0.39 is 0 Å². The molecule has 1 saturated heterocycles. The number of thiol groups is 1. The lowest BCUT2D eigenvalue weighted by Crippen LogP contribution is -2.44. The number of anilines is 1. The number of morpholine rings is 1. The molecule has 0 spiro atoms. The van der Waals surface area contributed by atoms with Crippen LogP contribution in [0.25, 0.3) is 10.2 Å². The second-order valence-electron chi connectivity index (χ2n) is 6.20. The van der Waals surface area contributed by atoms with Crippen LogP contribution in [0.2, 0.25) is 5.28 Å². The summed E-state index contributed by atoms with van der Waals surface area (Å²) in [7, 11) is 0. The van der Waals surface area contributed by atoms with Crippen LogP contribution in [0.15, 0.2) is 0 Å². The smallest absolute Gasteiger partial charge is 0.224 e. The number of fused-ring (bicyclic) bond motifs is 1. The van der Waals surface area contributed by atoms with Crippen molar-refractivity contribution in [3.8, 4) is 0 Å². The number of thiophene rings is 1. The molecule has 0 unspecified atom stereocenters. The maximum absolute atomic E-state index is 6.22. The van der Waals surface area contributed by atoms with Gasteiger partial charge in [-0.2, -0.15) is 17.6 Å². The number of ether oxygens (including phenoxy) is 1. The molecule has 1 atom stereocenters. The van der Waals surface area contributed by atoms with Crippen LogP contribution in [-0.4, -0.2) is 35.8 Å². The van der Waals surface area contributed by atoms with Gasteiger partial charge in [0.2, 0.25) is 5.28 Å². The van der Waals surface area contributed by atoms with Gasteiger partial charge in [0.05, 0.1) is 29.5 Å². The molecule has 2 aromatic heterocycles. The zero-order valence-corrected chi connectivity index (χ0v) is 15.6. The van der Waals surface area contributed by atoms with Gasteiger partial charge in [-0.1, -0.05) is 0 Å². The zero-order chi connectivity index (χ0) is 16.1. The van der Waals surface area contributed by atoms with Crippen molar-refractivity contribution in [2.45, 2.75) is 38.5 Å². The van der Waals surface area contributed by atoms with Crippen LogP contribution in [0.1, 0.15) is 31.2 Å². The SMILES string of the molecule is Cc1sc2c(N3CCOC[C@H]3C)nc(Cl)nc2c1C(C)(C)S. The first-order valence-electron chi connectivity index (χ1n) is 7.33. The van der Waals surface area contributed by atoms with Crippen molar-refractivity contribution in [3.05, 3.63) is 15.7 Å². The Hall–Kier alpha value is -0.560. The van der Waals surface area contributed by atoms with Gasteiger partial charge in [-0.25, -0.2) is 4.98 Å². The summed E-state index contributed by atoms with van der Waals surface area (Å²) >= 11 is 12.7. The van der Waals surface area contributed by atoms with Gasteiger partial charge in [0.15, 0.2) is 5.82 Å². The van der Waals surface area contributed by atoms with Crippen molar-refractivity contribution in [1.82, 2.24) is 9.97 Å². The highest BCUT2D eigenvalue weighted by molar-refractivity contribution is 7.81. The van der Waals surface area contributed by atoms with Crippen molar-refractivity contribution < 1.29 is 4.74 Å². The number of halogens is 1. The summed E-state index contributed by atoms with van der Waals surface area (Å²) in [5.74, 6) is 0.919. The van der Waals surface area contributed by atoms with Gasteiger partial charge in [0.1, 0.15) is 0 Å².